The van der Waals surface area contributed by atoms with Gasteiger partial charge in [-0.1, -0.05) is 6.92 Å². The molecule has 2 atom stereocenters. The van der Waals surface area contributed by atoms with E-state index in [-0.39, 0.29) is 0 Å². The highest BCUT2D eigenvalue weighted by Crippen LogP contribution is 2.22. The fraction of sp³-hybridized carbons (Fsp3) is 0.818. The Bertz CT molecular complexity index is 301. The molecule has 1 fully saturated rings. The van der Waals surface area contributed by atoms with Crippen molar-refractivity contribution in [3.63, 3.8) is 0 Å². The molecule has 0 bridgehead atoms. The van der Waals surface area contributed by atoms with Gasteiger partial charge in [0.1, 0.15) is 5.82 Å². The third kappa shape index (κ3) is 2.78. The minimum atomic E-state index is 0.674. The molecule has 1 saturated heterocycles. The molecule has 1 aromatic heterocycles. The maximum atomic E-state index is 4.36. The molecular weight excluding hydrogens is 188 g/mol. The Kier molecular flexibility index (Phi) is 3.36. The topological polar surface area (TPSA) is 53.6 Å². The van der Waals surface area contributed by atoms with Crippen molar-refractivity contribution in [2.24, 2.45) is 11.8 Å². The second-order valence-corrected chi connectivity index (χ2v) is 4.62. The fourth-order valence-electron chi connectivity index (χ4n) is 2.30. The molecule has 4 nitrogen and oxygen atoms in total. The molecule has 0 radical (unpaired) electrons. The lowest BCUT2D eigenvalue weighted by atomic mass is 9.85. The fourth-order valence-corrected chi connectivity index (χ4v) is 2.30. The quantitative estimate of drug-likeness (QED) is 0.787. The van der Waals surface area contributed by atoms with Crippen molar-refractivity contribution in [2.45, 2.75) is 33.1 Å². The number of aromatic amines is 1. The summed E-state index contributed by atoms with van der Waals surface area (Å²) in [7, 11) is 0. The van der Waals surface area contributed by atoms with E-state index in [1.807, 2.05) is 6.92 Å². The lowest BCUT2D eigenvalue weighted by molar-refractivity contribution is 0.276. The molecule has 1 aliphatic rings. The van der Waals surface area contributed by atoms with Gasteiger partial charge in [0.2, 0.25) is 0 Å². The summed E-state index contributed by atoms with van der Waals surface area (Å²) in [5.41, 5.74) is 0. The SMILES string of the molecule is Cc1nc(CC(C)C2CCCNC2)n[nH]1. The van der Waals surface area contributed by atoms with Crippen LogP contribution in [0.25, 0.3) is 0 Å². The van der Waals surface area contributed by atoms with E-state index >= 15 is 0 Å². The van der Waals surface area contributed by atoms with Crippen LogP contribution >= 0.6 is 0 Å². The van der Waals surface area contributed by atoms with Gasteiger partial charge in [0.15, 0.2) is 5.82 Å². The molecule has 84 valence electrons. The number of H-pyrrole nitrogens is 1. The zero-order chi connectivity index (χ0) is 10.7. The van der Waals surface area contributed by atoms with Gasteiger partial charge in [-0.05, 0) is 44.7 Å². The van der Waals surface area contributed by atoms with E-state index in [0.717, 1.165) is 30.5 Å². The van der Waals surface area contributed by atoms with E-state index < -0.39 is 0 Å². The first-order valence-electron chi connectivity index (χ1n) is 5.84. The first kappa shape index (κ1) is 10.6. The summed E-state index contributed by atoms with van der Waals surface area (Å²) in [5.74, 6) is 3.34. The molecule has 2 N–H and O–H groups in total. The molecule has 4 heteroatoms. The van der Waals surface area contributed by atoms with Gasteiger partial charge in [-0.3, -0.25) is 5.10 Å². The smallest absolute Gasteiger partial charge is 0.150 e. The molecule has 0 aliphatic carbocycles. The number of nitrogens with zero attached hydrogens (tertiary/aromatic N) is 2. The highest BCUT2D eigenvalue weighted by molar-refractivity contribution is 4.90. The van der Waals surface area contributed by atoms with E-state index in [0.29, 0.717) is 5.92 Å². The van der Waals surface area contributed by atoms with Crippen molar-refractivity contribution in [3.8, 4) is 0 Å². The maximum Gasteiger partial charge on any atom is 0.150 e. The predicted octanol–water partition coefficient (Wildman–Crippen LogP) is 1.29. The summed E-state index contributed by atoms with van der Waals surface area (Å²) in [5, 5.41) is 10.6. The van der Waals surface area contributed by atoms with E-state index in [1.165, 1.54) is 19.4 Å². The van der Waals surface area contributed by atoms with Crippen molar-refractivity contribution >= 4 is 0 Å². The standard InChI is InChI=1S/C11H20N4/c1-8(10-4-3-5-12-7-10)6-11-13-9(2)14-15-11/h8,10,12H,3-7H2,1-2H3,(H,13,14,15). The zero-order valence-corrected chi connectivity index (χ0v) is 9.58. The van der Waals surface area contributed by atoms with Crippen LogP contribution < -0.4 is 5.32 Å². The van der Waals surface area contributed by atoms with Crippen molar-refractivity contribution in [1.82, 2.24) is 20.5 Å². The Morgan fingerprint density at radius 3 is 3.00 bits per heavy atom. The molecule has 1 aliphatic heterocycles. The van der Waals surface area contributed by atoms with Crippen LogP contribution in [0.3, 0.4) is 0 Å². The highest BCUT2D eigenvalue weighted by atomic mass is 15.2. The van der Waals surface area contributed by atoms with Crippen molar-refractivity contribution in [3.05, 3.63) is 11.6 Å². The van der Waals surface area contributed by atoms with Gasteiger partial charge in [-0.2, -0.15) is 5.10 Å². The average molecular weight is 208 g/mol. The number of hydrogen-bond donors (Lipinski definition) is 2. The van der Waals surface area contributed by atoms with E-state index in [9.17, 15) is 0 Å². The number of piperidine rings is 1. The third-order valence-electron chi connectivity index (χ3n) is 3.29. The van der Waals surface area contributed by atoms with Crippen LogP contribution in [0.15, 0.2) is 0 Å². The number of rotatable bonds is 3. The van der Waals surface area contributed by atoms with Gasteiger partial charge in [-0.25, -0.2) is 4.98 Å². The Hall–Kier alpha value is -0.900. The summed E-state index contributed by atoms with van der Waals surface area (Å²) in [6.07, 6.45) is 3.65. The van der Waals surface area contributed by atoms with Gasteiger partial charge >= 0.3 is 0 Å². The van der Waals surface area contributed by atoms with Crippen LogP contribution in [0.1, 0.15) is 31.4 Å². The number of nitrogens with one attached hydrogen (secondary N) is 2. The molecule has 0 spiro atoms. The van der Waals surface area contributed by atoms with Crippen molar-refractivity contribution < 1.29 is 0 Å². The van der Waals surface area contributed by atoms with Gasteiger partial charge in [-0.15, -0.1) is 0 Å². The van der Waals surface area contributed by atoms with Crippen LogP contribution in [0, 0.1) is 18.8 Å². The second-order valence-electron chi connectivity index (χ2n) is 4.62. The number of aryl methyl sites for hydroxylation is 1. The molecular formula is C11H20N4. The predicted molar refractivity (Wildman–Crippen MR) is 59.6 cm³/mol. The third-order valence-corrected chi connectivity index (χ3v) is 3.29. The van der Waals surface area contributed by atoms with Crippen LogP contribution in [-0.4, -0.2) is 28.3 Å². The lowest BCUT2D eigenvalue weighted by Crippen LogP contribution is -2.34. The molecule has 0 aromatic carbocycles. The first-order valence-corrected chi connectivity index (χ1v) is 5.84. The van der Waals surface area contributed by atoms with Crippen molar-refractivity contribution in [1.29, 1.82) is 0 Å². The zero-order valence-electron chi connectivity index (χ0n) is 9.58. The Morgan fingerprint density at radius 2 is 2.40 bits per heavy atom. The normalized spacial score (nSPS) is 24.0. The van der Waals surface area contributed by atoms with Gasteiger partial charge < -0.3 is 5.32 Å². The summed E-state index contributed by atoms with van der Waals surface area (Å²) < 4.78 is 0. The van der Waals surface area contributed by atoms with Crippen molar-refractivity contribution in [2.75, 3.05) is 13.1 Å². The molecule has 15 heavy (non-hydrogen) atoms. The van der Waals surface area contributed by atoms with Crippen LogP contribution in [0.5, 0.6) is 0 Å². The van der Waals surface area contributed by atoms with Crippen LogP contribution in [0.2, 0.25) is 0 Å². The highest BCUT2D eigenvalue weighted by Gasteiger charge is 2.21. The molecule has 1 aromatic rings. The van der Waals surface area contributed by atoms with E-state index in [4.69, 9.17) is 0 Å². The minimum Gasteiger partial charge on any atom is -0.316 e. The van der Waals surface area contributed by atoms with E-state index in [1.54, 1.807) is 0 Å². The Balaban J connectivity index is 1.88. The Labute approximate surface area is 90.9 Å². The summed E-state index contributed by atoms with van der Waals surface area (Å²) >= 11 is 0. The maximum absolute atomic E-state index is 4.36. The van der Waals surface area contributed by atoms with Crippen LogP contribution in [0.4, 0.5) is 0 Å². The lowest BCUT2D eigenvalue weighted by Gasteiger charge is -2.27. The minimum absolute atomic E-state index is 0.674. The summed E-state index contributed by atoms with van der Waals surface area (Å²) in [6, 6.07) is 0. The van der Waals surface area contributed by atoms with E-state index in [2.05, 4.69) is 27.4 Å². The molecule has 2 heterocycles. The molecule has 0 amide bonds. The monoisotopic (exact) mass is 208 g/mol. The summed E-state index contributed by atoms with van der Waals surface area (Å²) in [4.78, 5) is 4.36. The second kappa shape index (κ2) is 4.75. The first-order chi connectivity index (χ1) is 7.25. The Morgan fingerprint density at radius 1 is 1.53 bits per heavy atom. The average Bonchev–Trinajstić information content (AvgIpc) is 2.65. The molecule has 0 saturated carbocycles. The number of aromatic nitrogens is 3. The van der Waals surface area contributed by atoms with Gasteiger partial charge in [0.25, 0.3) is 0 Å². The largest absolute Gasteiger partial charge is 0.316 e. The van der Waals surface area contributed by atoms with Gasteiger partial charge in [0, 0.05) is 6.42 Å². The summed E-state index contributed by atoms with van der Waals surface area (Å²) in [6.45, 7) is 6.60. The van der Waals surface area contributed by atoms with Crippen LogP contribution in [-0.2, 0) is 6.42 Å². The number of hydrogen-bond acceptors (Lipinski definition) is 3. The van der Waals surface area contributed by atoms with Gasteiger partial charge in [0.05, 0.1) is 0 Å². The molecule has 2 unspecified atom stereocenters. The molecule has 2 rings (SSSR count).